The highest BCUT2D eigenvalue weighted by atomic mass is 35.5. The summed E-state index contributed by atoms with van der Waals surface area (Å²) in [5.41, 5.74) is 0.815. The van der Waals surface area contributed by atoms with Gasteiger partial charge in [0, 0.05) is 23.3 Å². The highest BCUT2D eigenvalue weighted by Crippen LogP contribution is 2.35. The van der Waals surface area contributed by atoms with E-state index in [2.05, 4.69) is 23.5 Å². The lowest BCUT2D eigenvalue weighted by atomic mass is 9.84. The molecule has 0 bridgehead atoms. The number of ether oxygens (including phenoxy) is 2. The Balaban J connectivity index is 2.01. The van der Waals surface area contributed by atoms with Gasteiger partial charge in [0.25, 0.3) is 0 Å². The van der Waals surface area contributed by atoms with E-state index < -0.39 is 0 Å². The van der Waals surface area contributed by atoms with Crippen molar-refractivity contribution in [3.8, 4) is 5.88 Å². The van der Waals surface area contributed by atoms with Gasteiger partial charge in [-0.25, -0.2) is 9.97 Å². The molecule has 116 valence electrons. The van der Waals surface area contributed by atoms with Gasteiger partial charge in [-0.2, -0.15) is 0 Å². The molecule has 22 heavy (non-hydrogen) atoms. The van der Waals surface area contributed by atoms with E-state index in [9.17, 15) is 0 Å². The zero-order chi connectivity index (χ0) is 15.7. The van der Waals surface area contributed by atoms with Crippen molar-refractivity contribution in [2.24, 2.45) is 5.92 Å². The number of fused-ring (bicyclic) bond motifs is 1. The first-order valence-corrected chi connectivity index (χ1v) is 7.89. The van der Waals surface area contributed by atoms with Gasteiger partial charge in [-0.1, -0.05) is 25.1 Å². The lowest BCUT2D eigenvalue weighted by Gasteiger charge is -2.32. The molecule has 5 heteroatoms. The number of nitrogens with zero attached hydrogens (tertiary/aromatic N) is 2. The van der Waals surface area contributed by atoms with Crippen LogP contribution in [-0.4, -0.2) is 22.7 Å². The van der Waals surface area contributed by atoms with Gasteiger partial charge in [-0.05, 0) is 31.7 Å². The van der Waals surface area contributed by atoms with Gasteiger partial charge in [0.15, 0.2) is 0 Å². The van der Waals surface area contributed by atoms with Crippen molar-refractivity contribution in [2.75, 3.05) is 6.61 Å². The minimum absolute atomic E-state index is 0.238. The molecule has 0 radical (unpaired) electrons. The second-order valence-corrected chi connectivity index (χ2v) is 6.09. The van der Waals surface area contributed by atoms with E-state index in [4.69, 9.17) is 21.1 Å². The third kappa shape index (κ3) is 2.88. The summed E-state index contributed by atoms with van der Waals surface area (Å²) in [7, 11) is 0. The van der Waals surface area contributed by atoms with Gasteiger partial charge in [-0.15, -0.1) is 0 Å². The van der Waals surface area contributed by atoms with Gasteiger partial charge < -0.3 is 9.47 Å². The summed E-state index contributed by atoms with van der Waals surface area (Å²) in [4.78, 5) is 8.60. The second-order valence-electron chi connectivity index (χ2n) is 5.70. The molecule has 0 atom stereocenters. The molecule has 0 N–H and O–H groups in total. The average Bonchev–Trinajstić information content (AvgIpc) is 2.45. The van der Waals surface area contributed by atoms with Crippen LogP contribution in [0.3, 0.4) is 0 Å². The molecule has 1 aliphatic rings. The van der Waals surface area contributed by atoms with Crippen LogP contribution >= 0.6 is 11.6 Å². The molecule has 0 unspecified atom stereocenters. The SMILES string of the molecule is C=C(OCC)c1cnc(O[C@H]2C[C@H](C)C2)c2cnc(Cl)cc12. The third-order valence-corrected chi connectivity index (χ3v) is 4.14. The number of aromatic nitrogens is 2. The maximum Gasteiger partial charge on any atom is 0.223 e. The number of pyridine rings is 2. The Hall–Kier alpha value is -1.81. The summed E-state index contributed by atoms with van der Waals surface area (Å²) in [6.45, 7) is 8.65. The molecular formula is C17H19ClN2O2. The summed E-state index contributed by atoms with van der Waals surface area (Å²) in [6.07, 6.45) is 5.80. The quantitative estimate of drug-likeness (QED) is 0.602. The molecule has 0 saturated heterocycles. The predicted octanol–water partition coefficient (Wildman–Crippen LogP) is 4.47. The van der Waals surface area contributed by atoms with Crippen LogP contribution in [0.4, 0.5) is 0 Å². The number of rotatable bonds is 5. The van der Waals surface area contributed by atoms with Crippen LogP contribution in [0, 0.1) is 5.92 Å². The standard InChI is InChI=1S/C17H19ClN2O2/c1-4-21-11(3)14-8-20-17(22-12-5-10(2)6-12)15-9-19-16(18)7-13(14)15/h7-10,12H,3-6H2,1-2H3/t10-,12-. The van der Waals surface area contributed by atoms with E-state index in [1.807, 2.05) is 6.92 Å². The largest absolute Gasteiger partial charge is 0.494 e. The van der Waals surface area contributed by atoms with Gasteiger partial charge in [0.2, 0.25) is 5.88 Å². The Bertz CT molecular complexity index is 711. The van der Waals surface area contributed by atoms with Crippen LogP contribution in [0.25, 0.3) is 16.5 Å². The number of hydrogen-bond donors (Lipinski definition) is 0. The molecule has 0 aliphatic heterocycles. The number of halogens is 1. The zero-order valence-corrected chi connectivity index (χ0v) is 13.6. The molecular weight excluding hydrogens is 300 g/mol. The normalized spacial score (nSPS) is 20.5. The lowest BCUT2D eigenvalue weighted by molar-refractivity contribution is 0.0711. The van der Waals surface area contributed by atoms with Crippen molar-refractivity contribution in [3.05, 3.63) is 35.8 Å². The summed E-state index contributed by atoms with van der Waals surface area (Å²) in [5, 5.41) is 2.16. The Labute approximate surface area is 135 Å². The van der Waals surface area contributed by atoms with Gasteiger partial charge in [0.05, 0.1) is 12.0 Å². The van der Waals surface area contributed by atoms with Crippen molar-refractivity contribution in [2.45, 2.75) is 32.8 Å². The highest BCUT2D eigenvalue weighted by molar-refractivity contribution is 6.30. The minimum Gasteiger partial charge on any atom is -0.494 e. The molecule has 1 fully saturated rings. The van der Waals surface area contributed by atoms with Crippen LogP contribution in [0.5, 0.6) is 5.88 Å². The first-order valence-electron chi connectivity index (χ1n) is 7.51. The fraction of sp³-hybridized carbons (Fsp3) is 0.412. The smallest absolute Gasteiger partial charge is 0.223 e. The Kier molecular flexibility index (Phi) is 4.21. The summed E-state index contributed by atoms with van der Waals surface area (Å²) in [5.74, 6) is 1.90. The van der Waals surface area contributed by atoms with Crippen LogP contribution in [0.1, 0.15) is 32.3 Å². The fourth-order valence-corrected chi connectivity index (χ4v) is 2.89. The summed E-state index contributed by atoms with van der Waals surface area (Å²) in [6, 6.07) is 1.80. The van der Waals surface area contributed by atoms with Crippen LogP contribution in [0.15, 0.2) is 25.0 Å². The van der Waals surface area contributed by atoms with Crippen LogP contribution < -0.4 is 4.74 Å². The summed E-state index contributed by atoms with van der Waals surface area (Å²) < 4.78 is 11.5. The minimum atomic E-state index is 0.238. The van der Waals surface area contributed by atoms with Gasteiger partial charge >= 0.3 is 0 Å². The Morgan fingerprint density at radius 2 is 2.09 bits per heavy atom. The first kappa shape index (κ1) is 15.1. The van der Waals surface area contributed by atoms with E-state index in [0.717, 1.165) is 35.1 Å². The molecule has 0 amide bonds. The Morgan fingerprint density at radius 3 is 2.77 bits per heavy atom. The van der Waals surface area contributed by atoms with E-state index >= 15 is 0 Å². The van der Waals surface area contributed by atoms with Crippen molar-refractivity contribution in [3.63, 3.8) is 0 Å². The zero-order valence-electron chi connectivity index (χ0n) is 12.8. The topological polar surface area (TPSA) is 44.2 Å². The van der Waals surface area contributed by atoms with Crippen molar-refractivity contribution >= 4 is 28.1 Å². The molecule has 2 aromatic rings. The van der Waals surface area contributed by atoms with Crippen molar-refractivity contribution in [1.29, 1.82) is 0 Å². The average molecular weight is 319 g/mol. The monoisotopic (exact) mass is 318 g/mol. The number of hydrogen-bond acceptors (Lipinski definition) is 4. The van der Waals surface area contributed by atoms with Crippen LogP contribution in [0.2, 0.25) is 5.15 Å². The van der Waals surface area contributed by atoms with E-state index in [-0.39, 0.29) is 6.10 Å². The Morgan fingerprint density at radius 1 is 1.32 bits per heavy atom. The summed E-state index contributed by atoms with van der Waals surface area (Å²) >= 11 is 6.05. The van der Waals surface area contributed by atoms with E-state index in [1.165, 1.54) is 0 Å². The first-order chi connectivity index (χ1) is 10.6. The van der Waals surface area contributed by atoms with Crippen molar-refractivity contribution < 1.29 is 9.47 Å². The molecule has 1 aliphatic carbocycles. The highest BCUT2D eigenvalue weighted by Gasteiger charge is 2.28. The lowest BCUT2D eigenvalue weighted by Crippen LogP contribution is -2.32. The maximum absolute atomic E-state index is 6.05. The van der Waals surface area contributed by atoms with Gasteiger partial charge in [-0.3, -0.25) is 0 Å². The maximum atomic E-state index is 6.05. The molecule has 3 rings (SSSR count). The predicted molar refractivity (Wildman–Crippen MR) is 88.0 cm³/mol. The molecule has 0 aromatic carbocycles. The van der Waals surface area contributed by atoms with E-state index in [0.29, 0.717) is 23.4 Å². The molecule has 1 saturated carbocycles. The fourth-order valence-electron chi connectivity index (χ4n) is 2.74. The van der Waals surface area contributed by atoms with Crippen LogP contribution in [-0.2, 0) is 4.74 Å². The van der Waals surface area contributed by atoms with Crippen molar-refractivity contribution in [1.82, 2.24) is 9.97 Å². The third-order valence-electron chi connectivity index (χ3n) is 3.93. The molecule has 2 heterocycles. The van der Waals surface area contributed by atoms with E-state index in [1.54, 1.807) is 18.5 Å². The molecule has 0 spiro atoms. The second kappa shape index (κ2) is 6.13. The van der Waals surface area contributed by atoms with Gasteiger partial charge in [0.1, 0.15) is 17.0 Å². The molecule has 4 nitrogen and oxygen atoms in total. The molecule has 2 aromatic heterocycles.